The molecule has 0 aromatic heterocycles. The van der Waals surface area contributed by atoms with Crippen molar-refractivity contribution >= 4 is 5.91 Å². The normalized spacial score (nSPS) is 15.1. The highest BCUT2D eigenvalue weighted by Gasteiger charge is 2.31. The minimum absolute atomic E-state index is 0.0912. The second kappa shape index (κ2) is 9.44. The summed E-state index contributed by atoms with van der Waals surface area (Å²) in [6.07, 6.45) is -4.75. The van der Waals surface area contributed by atoms with E-state index in [4.69, 9.17) is 0 Å². The molecule has 0 aliphatic carbocycles. The van der Waals surface area contributed by atoms with Gasteiger partial charge in [-0.25, -0.2) is 0 Å². The first-order chi connectivity index (χ1) is 15.4. The number of carbonyl (C=O) groups excluding carboxylic acids is 1. The molecule has 1 fully saturated rings. The van der Waals surface area contributed by atoms with Crippen LogP contribution >= 0.6 is 0 Å². The molecule has 3 aromatic rings. The summed E-state index contributed by atoms with van der Waals surface area (Å²) in [5.41, 5.74) is 2.73. The van der Waals surface area contributed by atoms with Crippen LogP contribution in [0.3, 0.4) is 0 Å². The van der Waals surface area contributed by atoms with Gasteiger partial charge in [0.25, 0.3) is 5.91 Å². The average Bonchev–Trinajstić information content (AvgIpc) is 2.80. The van der Waals surface area contributed by atoms with E-state index in [2.05, 4.69) is 33.9 Å². The Morgan fingerprint density at radius 2 is 1.25 bits per heavy atom. The lowest BCUT2D eigenvalue weighted by Crippen LogP contribution is -2.49. The van der Waals surface area contributed by atoms with E-state index in [1.807, 2.05) is 36.4 Å². The highest BCUT2D eigenvalue weighted by Crippen LogP contribution is 2.30. The van der Waals surface area contributed by atoms with E-state index in [-0.39, 0.29) is 17.7 Å². The zero-order valence-electron chi connectivity index (χ0n) is 17.3. The molecule has 0 N–H and O–H groups in total. The molecule has 0 saturated carbocycles. The Balaban J connectivity index is 1.44. The lowest BCUT2D eigenvalue weighted by Gasteiger charge is -2.39. The fourth-order valence-electron chi connectivity index (χ4n) is 4.05. The topological polar surface area (TPSA) is 32.8 Å². The molecule has 4 nitrogen and oxygen atoms in total. The van der Waals surface area contributed by atoms with E-state index in [1.165, 1.54) is 23.3 Å². The number of nitrogens with zero attached hydrogens (tertiary/aromatic N) is 2. The molecule has 1 amide bonds. The van der Waals surface area contributed by atoms with Crippen molar-refractivity contribution in [3.05, 3.63) is 102 Å². The van der Waals surface area contributed by atoms with Gasteiger partial charge in [0.1, 0.15) is 5.75 Å². The second-order valence-corrected chi connectivity index (χ2v) is 7.62. The Morgan fingerprint density at radius 3 is 1.72 bits per heavy atom. The molecule has 1 heterocycles. The number of alkyl halides is 3. The van der Waals surface area contributed by atoms with Gasteiger partial charge < -0.3 is 9.64 Å². The average molecular weight is 440 g/mol. The number of piperazine rings is 1. The Morgan fingerprint density at radius 1 is 0.750 bits per heavy atom. The number of ether oxygens (including phenoxy) is 1. The summed E-state index contributed by atoms with van der Waals surface area (Å²) in [5, 5.41) is 0. The summed E-state index contributed by atoms with van der Waals surface area (Å²) >= 11 is 0. The molecule has 1 aliphatic rings. The van der Waals surface area contributed by atoms with Crippen LogP contribution in [0.25, 0.3) is 0 Å². The molecule has 166 valence electrons. The lowest BCUT2D eigenvalue weighted by atomic mass is 9.96. The van der Waals surface area contributed by atoms with Crippen LogP contribution in [-0.4, -0.2) is 48.2 Å². The van der Waals surface area contributed by atoms with Crippen LogP contribution in [0.5, 0.6) is 5.75 Å². The Hall–Kier alpha value is -3.32. The van der Waals surface area contributed by atoms with Gasteiger partial charge in [-0.1, -0.05) is 60.7 Å². The van der Waals surface area contributed by atoms with Gasteiger partial charge in [-0.3, -0.25) is 9.69 Å². The Kier molecular flexibility index (Phi) is 6.46. The quantitative estimate of drug-likeness (QED) is 0.551. The van der Waals surface area contributed by atoms with Gasteiger partial charge in [0.15, 0.2) is 0 Å². The van der Waals surface area contributed by atoms with Gasteiger partial charge in [0.05, 0.1) is 6.04 Å². The van der Waals surface area contributed by atoms with Crippen molar-refractivity contribution in [3.63, 3.8) is 0 Å². The van der Waals surface area contributed by atoms with Gasteiger partial charge in [-0.2, -0.15) is 0 Å². The van der Waals surface area contributed by atoms with Crippen molar-refractivity contribution in [1.29, 1.82) is 0 Å². The standard InChI is InChI=1S/C25H23F3N2O2/c26-25(27,28)32-22-13-11-21(12-14-22)24(31)30-17-15-29(16-18-30)23(19-7-3-1-4-8-19)20-9-5-2-6-10-20/h1-14,23H,15-18H2. The van der Waals surface area contributed by atoms with Crippen LogP contribution in [-0.2, 0) is 0 Å². The number of carbonyl (C=O) groups is 1. The van der Waals surface area contributed by atoms with E-state index in [9.17, 15) is 18.0 Å². The molecular formula is C25H23F3N2O2. The summed E-state index contributed by atoms with van der Waals surface area (Å²) < 4.78 is 40.9. The Bertz CT molecular complexity index is 977. The summed E-state index contributed by atoms with van der Waals surface area (Å²) in [5.74, 6) is -0.536. The smallest absolute Gasteiger partial charge is 0.406 e. The van der Waals surface area contributed by atoms with Gasteiger partial charge >= 0.3 is 6.36 Å². The predicted octanol–water partition coefficient (Wildman–Crippen LogP) is 5.13. The summed E-state index contributed by atoms with van der Waals surface area (Å²) in [4.78, 5) is 17.0. The fourth-order valence-corrected chi connectivity index (χ4v) is 4.05. The number of hydrogen-bond acceptors (Lipinski definition) is 3. The first-order valence-corrected chi connectivity index (χ1v) is 10.4. The van der Waals surface area contributed by atoms with Gasteiger partial charge in [-0.15, -0.1) is 13.2 Å². The maximum absolute atomic E-state index is 12.9. The van der Waals surface area contributed by atoms with Gasteiger partial charge in [0.2, 0.25) is 0 Å². The lowest BCUT2D eigenvalue weighted by molar-refractivity contribution is -0.274. The molecule has 0 unspecified atom stereocenters. The maximum Gasteiger partial charge on any atom is 0.573 e. The minimum atomic E-state index is -4.75. The third-order valence-electron chi connectivity index (χ3n) is 5.53. The summed E-state index contributed by atoms with van der Waals surface area (Å²) in [7, 11) is 0. The van der Waals surface area contributed by atoms with Crippen LogP contribution in [0.2, 0.25) is 0 Å². The van der Waals surface area contributed by atoms with Crippen molar-refractivity contribution < 1.29 is 22.7 Å². The predicted molar refractivity (Wildman–Crippen MR) is 115 cm³/mol. The van der Waals surface area contributed by atoms with Crippen molar-refractivity contribution in [2.45, 2.75) is 12.4 Å². The van der Waals surface area contributed by atoms with Crippen LogP contribution < -0.4 is 4.74 Å². The first kappa shape index (κ1) is 21.9. The van der Waals surface area contributed by atoms with Crippen molar-refractivity contribution in [1.82, 2.24) is 9.80 Å². The third kappa shape index (κ3) is 5.29. The molecule has 0 atom stereocenters. The molecular weight excluding hydrogens is 417 g/mol. The largest absolute Gasteiger partial charge is 0.573 e. The third-order valence-corrected chi connectivity index (χ3v) is 5.53. The number of rotatable bonds is 5. The van der Waals surface area contributed by atoms with E-state index in [0.29, 0.717) is 31.7 Å². The van der Waals surface area contributed by atoms with Crippen molar-refractivity contribution in [3.8, 4) is 5.75 Å². The molecule has 0 radical (unpaired) electrons. The second-order valence-electron chi connectivity index (χ2n) is 7.62. The highest BCUT2D eigenvalue weighted by atomic mass is 19.4. The zero-order chi connectivity index (χ0) is 22.6. The molecule has 32 heavy (non-hydrogen) atoms. The molecule has 0 bridgehead atoms. The molecule has 0 spiro atoms. The summed E-state index contributed by atoms with van der Waals surface area (Å²) in [6, 6.07) is 25.7. The molecule has 7 heteroatoms. The van der Waals surface area contributed by atoms with Crippen LogP contribution in [0.15, 0.2) is 84.9 Å². The number of amides is 1. The Labute approximate surface area is 184 Å². The van der Waals surface area contributed by atoms with Crippen LogP contribution in [0.1, 0.15) is 27.5 Å². The van der Waals surface area contributed by atoms with Crippen LogP contribution in [0.4, 0.5) is 13.2 Å². The minimum Gasteiger partial charge on any atom is -0.406 e. The van der Waals surface area contributed by atoms with Crippen LogP contribution in [0, 0.1) is 0 Å². The maximum atomic E-state index is 12.9. The molecule has 3 aromatic carbocycles. The first-order valence-electron chi connectivity index (χ1n) is 10.4. The van der Waals surface area contributed by atoms with Gasteiger partial charge in [0, 0.05) is 31.7 Å². The molecule has 1 saturated heterocycles. The van der Waals surface area contributed by atoms with E-state index in [0.717, 1.165) is 12.1 Å². The molecule has 4 rings (SSSR count). The van der Waals surface area contributed by atoms with Crippen molar-refractivity contribution in [2.75, 3.05) is 26.2 Å². The summed E-state index contributed by atoms with van der Waals surface area (Å²) in [6.45, 7) is 2.45. The fraction of sp³-hybridized carbons (Fsp3) is 0.240. The number of benzene rings is 3. The van der Waals surface area contributed by atoms with Gasteiger partial charge in [-0.05, 0) is 35.4 Å². The van der Waals surface area contributed by atoms with E-state index in [1.54, 1.807) is 4.90 Å². The number of halogens is 3. The van der Waals surface area contributed by atoms with E-state index < -0.39 is 6.36 Å². The highest BCUT2D eigenvalue weighted by molar-refractivity contribution is 5.94. The van der Waals surface area contributed by atoms with Crippen molar-refractivity contribution in [2.24, 2.45) is 0 Å². The number of hydrogen-bond donors (Lipinski definition) is 0. The zero-order valence-corrected chi connectivity index (χ0v) is 17.3. The van der Waals surface area contributed by atoms with E-state index >= 15 is 0 Å². The molecule has 1 aliphatic heterocycles. The monoisotopic (exact) mass is 440 g/mol. The SMILES string of the molecule is O=C(c1ccc(OC(F)(F)F)cc1)N1CCN(C(c2ccccc2)c2ccccc2)CC1.